The van der Waals surface area contributed by atoms with Gasteiger partial charge in [0.15, 0.2) is 0 Å². The van der Waals surface area contributed by atoms with E-state index in [0.717, 1.165) is 29.4 Å². The molecule has 1 N–H and O–H groups in total. The highest BCUT2D eigenvalue weighted by Gasteiger charge is 2.29. The molecule has 0 radical (unpaired) electrons. The first kappa shape index (κ1) is 22.1. The van der Waals surface area contributed by atoms with E-state index in [1.807, 2.05) is 39.8 Å². The monoisotopic (exact) mass is 413 g/mol. The second-order valence-electron chi connectivity index (χ2n) is 8.76. The molecule has 2 aromatic rings. The Morgan fingerprint density at radius 3 is 2.83 bits per heavy atom. The number of fused-ring (bicyclic) bond motifs is 1. The SMILES string of the molecule is C=C(C)COc1ccc2c(C)c(CCC(=O)N[C@@H]3CCOC(C)(C)C3)c(=O)oc2c1. The highest BCUT2D eigenvalue weighted by molar-refractivity contribution is 5.82. The van der Waals surface area contributed by atoms with Gasteiger partial charge in [0.05, 0.1) is 5.60 Å². The second kappa shape index (κ2) is 9.04. The summed E-state index contributed by atoms with van der Waals surface area (Å²) >= 11 is 0. The van der Waals surface area contributed by atoms with Crippen LogP contribution in [0, 0.1) is 6.92 Å². The van der Waals surface area contributed by atoms with Crippen molar-refractivity contribution in [3.8, 4) is 5.75 Å². The van der Waals surface area contributed by atoms with E-state index in [0.29, 0.717) is 36.5 Å². The molecule has 162 valence electrons. The van der Waals surface area contributed by atoms with Crippen LogP contribution in [0.1, 0.15) is 51.2 Å². The van der Waals surface area contributed by atoms with Gasteiger partial charge in [-0.2, -0.15) is 0 Å². The minimum atomic E-state index is -0.406. The van der Waals surface area contributed by atoms with E-state index in [1.165, 1.54) is 0 Å². The standard InChI is InChI=1S/C24H31NO5/c1-15(2)14-28-18-6-7-19-16(3)20(23(27)30-21(19)12-18)8-9-22(26)25-17-10-11-29-24(4,5)13-17/h6-7,12,17H,1,8-11,13-14H2,2-5H3,(H,25,26)/t17-/m1/s1. The maximum Gasteiger partial charge on any atom is 0.339 e. The Balaban J connectivity index is 1.68. The largest absolute Gasteiger partial charge is 0.489 e. The van der Waals surface area contributed by atoms with Gasteiger partial charge in [-0.3, -0.25) is 4.79 Å². The van der Waals surface area contributed by atoms with Crippen molar-refractivity contribution in [2.24, 2.45) is 0 Å². The Morgan fingerprint density at radius 2 is 2.13 bits per heavy atom. The van der Waals surface area contributed by atoms with Crippen LogP contribution in [0.2, 0.25) is 0 Å². The fourth-order valence-electron chi connectivity index (χ4n) is 3.85. The highest BCUT2D eigenvalue weighted by atomic mass is 16.5. The molecule has 1 aliphatic heterocycles. The third kappa shape index (κ3) is 5.51. The summed E-state index contributed by atoms with van der Waals surface area (Å²) in [6, 6.07) is 5.56. The van der Waals surface area contributed by atoms with Crippen LogP contribution in [0.4, 0.5) is 0 Å². The first-order valence-electron chi connectivity index (χ1n) is 10.4. The average molecular weight is 414 g/mol. The lowest BCUT2D eigenvalue weighted by Crippen LogP contribution is -2.45. The smallest absolute Gasteiger partial charge is 0.339 e. The molecule has 2 heterocycles. The Kier molecular flexibility index (Phi) is 6.66. The van der Waals surface area contributed by atoms with Gasteiger partial charge in [0.2, 0.25) is 5.91 Å². The normalized spacial score (nSPS) is 18.2. The molecule has 1 saturated heterocycles. The second-order valence-corrected chi connectivity index (χ2v) is 8.76. The van der Waals surface area contributed by atoms with Gasteiger partial charge in [-0.1, -0.05) is 6.58 Å². The Hall–Kier alpha value is -2.60. The van der Waals surface area contributed by atoms with Gasteiger partial charge in [0.1, 0.15) is 17.9 Å². The zero-order chi connectivity index (χ0) is 21.9. The van der Waals surface area contributed by atoms with E-state index in [-0.39, 0.29) is 24.0 Å². The van der Waals surface area contributed by atoms with E-state index in [9.17, 15) is 9.59 Å². The van der Waals surface area contributed by atoms with Crippen LogP contribution >= 0.6 is 0 Å². The number of carbonyl (C=O) groups is 1. The fourth-order valence-corrected chi connectivity index (χ4v) is 3.85. The fraction of sp³-hybridized carbons (Fsp3) is 0.500. The molecule has 1 fully saturated rings. The molecule has 0 spiro atoms. The predicted molar refractivity (Wildman–Crippen MR) is 117 cm³/mol. The van der Waals surface area contributed by atoms with Crippen molar-refractivity contribution in [1.29, 1.82) is 0 Å². The maximum absolute atomic E-state index is 12.5. The Bertz CT molecular complexity index is 1000. The van der Waals surface area contributed by atoms with E-state index in [2.05, 4.69) is 11.9 Å². The summed E-state index contributed by atoms with van der Waals surface area (Å²) in [7, 11) is 0. The van der Waals surface area contributed by atoms with Crippen LogP contribution in [0.25, 0.3) is 11.0 Å². The van der Waals surface area contributed by atoms with Gasteiger partial charge in [-0.15, -0.1) is 0 Å². The number of nitrogens with one attached hydrogen (secondary N) is 1. The van der Waals surface area contributed by atoms with Crippen molar-refractivity contribution in [2.45, 2.75) is 65.0 Å². The zero-order valence-electron chi connectivity index (χ0n) is 18.3. The lowest BCUT2D eigenvalue weighted by molar-refractivity contribution is -0.124. The van der Waals surface area contributed by atoms with Crippen molar-refractivity contribution in [3.05, 3.63) is 51.9 Å². The number of hydrogen-bond acceptors (Lipinski definition) is 5. The summed E-state index contributed by atoms with van der Waals surface area (Å²) in [4.78, 5) is 25.0. The molecule has 0 saturated carbocycles. The number of amides is 1. The third-order valence-corrected chi connectivity index (χ3v) is 5.41. The van der Waals surface area contributed by atoms with E-state index in [4.69, 9.17) is 13.9 Å². The van der Waals surface area contributed by atoms with Crippen molar-refractivity contribution >= 4 is 16.9 Å². The first-order valence-corrected chi connectivity index (χ1v) is 10.4. The Labute approximate surface area is 177 Å². The predicted octanol–water partition coefficient (Wildman–Crippen LogP) is 4.06. The van der Waals surface area contributed by atoms with Gasteiger partial charge in [-0.25, -0.2) is 4.79 Å². The molecule has 30 heavy (non-hydrogen) atoms. The molecule has 0 unspecified atom stereocenters. The molecular weight excluding hydrogens is 382 g/mol. The molecule has 3 rings (SSSR count). The zero-order valence-corrected chi connectivity index (χ0v) is 18.3. The minimum Gasteiger partial charge on any atom is -0.489 e. The number of ether oxygens (including phenoxy) is 2. The van der Waals surface area contributed by atoms with Crippen molar-refractivity contribution in [3.63, 3.8) is 0 Å². The van der Waals surface area contributed by atoms with Crippen LogP contribution in [0.3, 0.4) is 0 Å². The first-order chi connectivity index (χ1) is 14.1. The maximum atomic E-state index is 12.5. The summed E-state index contributed by atoms with van der Waals surface area (Å²) in [5, 5.41) is 3.92. The lowest BCUT2D eigenvalue weighted by Gasteiger charge is -2.35. The number of hydrogen-bond donors (Lipinski definition) is 1. The number of benzene rings is 1. The summed E-state index contributed by atoms with van der Waals surface area (Å²) in [6.07, 6.45) is 2.18. The van der Waals surface area contributed by atoms with Crippen molar-refractivity contribution in [2.75, 3.05) is 13.2 Å². The topological polar surface area (TPSA) is 77.8 Å². The number of aryl methyl sites for hydroxylation is 1. The van der Waals surface area contributed by atoms with Crippen molar-refractivity contribution < 1.29 is 18.7 Å². The summed E-state index contributed by atoms with van der Waals surface area (Å²) in [5.41, 5.74) is 2.14. The van der Waals surface area contributed by atoms with Gasteiger partial charge in [0.25, 0.3) is 0 Å². The average Bonchev–Trinajstić information content (AvgIpc) is 2.65. The van der Waals surface area contributed by atoms with Gasteiger partial charge >= 0.3 is 5.63 Å². The van der Waals surface area contributed by atoms with Crippen LogP contribution in [-0.2, 0) is 16.0 Å². The number of rotatable bonds is 7. The molecule has 1 atom stereocenters. The van der Waals surface area contributed by atoms with Gasteiger partial charge in [0, 0.05) is 36.1 Å². The molecule has 1 amide bonds. The lowest BCUT2D eigenvalue weighted by atomic mass is 9.93. The molecule has 1 aromatic heterocycles. The van der Waals surface area contributed by atoms with E-state index in [1.54, 1.807) is 6.07 Å². The van der Waals surface area contributed by atoms with Gasteiger partial charge < -0.3 is 19.2 Å². The molecule has 0 bridgehead atoms. The van der Waals surface area contributed by atoms with Crippen molar-refractivity contribution in [1.82, 2.24) is 5.32 Å². The molecule has 6 heteroatoms. The number of carbonyl (C=O) groups excluding carboxylic acids is 1. The molecule has 0 aliphatic carbocycles. The Morgan fingerprint density at radius 1 is 1.37 bits per heavy atom. The summed E-state index contributed by atoms with van der Waals surface area (Å²) < 4.78 is 16.8. The summed E-state index contributed by atoms with van der Waals surface area (Å²) in [6.45, 7) is 12.7. The summed E-state index contributed by atoms with van der Waals surface area (Å²) in [5.74, 6) is 0.569. The minimum absolute atomic E-state index is 0.0554. The molecule has 1 aliphatic rings. The quantitative estimate of drug-likeness (QED) is 0.547. The van der Waals surface area contributed by atoms with Crippen LogP contribution < -0.4 is 15.7 Å². The van der Waals surface area contributed by atoms with Gasteiger partial charge in [-0.05, 0) is 70.2 Å². The van der Waals surface area contributed by atoms with Crippen LogP contribution in [0.5, 0.6) is 5.75 Å². The van der Waals surface area contributed by atoms with Crippen LogP contribution in [0.15, 0.2) is 39.6 Å². The molecular formula is C24H31NO5. The van der Waals surface area contributed by atoms with E-state index >= 15 is 0 Å². The molecule has 6 nitrogen and oxygen atoms in total. The highest BCUT2D eigenvalue weighted by Crippen LogP contribution is 2.26. The van der Waals surface area contributed by atoms with Crippen LogP contribution in [-0.4, -0.2) is 30.8 Å². The van der Waals surface area contributed by atoms with E-state index < -0.39 is 5.63 Å². The molecule has 1 aromatic carbocycles. The third-order valence-electron chi connectivity index (χ3n) is 5.41.